The second-order valence-corrected chi connectivity index (χ2v) is 4.68. The molecule has 2 aromatic rings. The van der Waals surface area contributed by atoms with Gasteiger partial charge in [-0.25, -0.2) is 14.8 Å². The third kappa shape index (κ3) is 2.94. The average Bonchev–Trinajstić information content (AvgIpc) is 2.82. The van der Waals surface area contributed by atoms with E-state index in [-0.39, 0.29) is 0 Å². The topological polar surface area (TPSA) is 55.9 Å². The van der Waals surface area contributed by atoms with Gasteiger partial charge < -0.3 is 4.57 Å². The highest BCUT2D eigenvalue weighted by molar-refractivity contribution is 6.30. The van der Waals surface area contributed by atoms with E-state index >= 15 is 0 Å². The first-order valence-electron chi connectivity index (χ1n) is 6.09. The van der Waals surface area contributed by atoms with Crippen LogP contribution in [0.2, 0.25) is 5.02 Å². The number of nitrogens with one attached hydrogen (secondary N) is 1. The number of aromatic nitrogens is 2. The van der Waals surface area contributed by atoms with Crippen LogP contribution in [0.1, 0.15) is 30.8 Å². The molecule has 4 nitrogen and oxygen atoms in total. The van der Waals surface area contributed by atoms with Crippen molar-refractivity contribution in [3.8, 4) is 0 Å². The van der Waals surface area contributed by atoms with Crippen LogP contribution in [0.5, 0.6) is 0 Å². The summed E-state index contributed by atoms with van der Waals surface area (Å²) in [4.78, 5) is 4.27. The zero-order valence-electron chi connectivity index (χ0n) is 10.6. The predicted octanol–water partition coefficient (Wildman–Crippen LogP) is 2.64. The third-order valence-electron chi connectivity index (χ3n) is 2.91. The molecule has 0 aliphatic rings. The van der Waals surface area contributed by atoms with Crippen LogP contribution in [0, 0.1) is 5.82 Å². The Balaban J connectivity index is 2.41. The molecule has 1 unspecified atom stereocenters. The van der Waals surface area contributed by atoms with Gasteiger partial charge in [-0.05, 0) is 18.6 Å². The van der Waals surface area contributed by atoms with Gasteiger partial charge in [-0.15, -0.1) is 0 Å². The van der Waals surface area contributed by atoms with E-state index in [1.165, 1.54) is 6.07 Å². The van der Waals surface area contributed by atoms with E-state index in [2.05, 4.69) is 17.3 Å². The van der Waals surface area contributed by atoms with Crippen molar-refractivity contribution in [1.82, 2.24) is 15.0 Å². The van der Waals surface area contributed by atoms with Gasteiger partial charge in [0.05, 0.1) is 0 Å². The molecule has 1 aromatic heterocycles. The first kappa shape index (κ1) is 14.0. The number of hydrogen-bond acceptors (Lipinski definition) is 3. The van der Waals surface area contributed by atoms with Crippen LogP contribution in [0.25, 0.3) is 0 Å². The maximum atomic E-state index is 14.0. The second kappa shape index (κ2) is 6.14. The maximum absolute atomic E-state index is 14.0. The molecule has 102 valence electrons. The van der Waals surface area contributed by atoms with Crippen molar-refractivity contribution in [3.05, 3.63) is 52.8 Å². The van der Waals surface area contributed by atoms with Crippen molar-refractivity contribution in [2.45, 2.75) is 25.9 Å². The van der Waals surface area contributed by atoms with Gasteiger partial charge in [0.15, 0.2) is 0 Å². The van der Waals surface area contributed by atoms with E-state index in [1.54, 1.807) is 18.3 Å². The molecule has 19 heavy (non-hydrogen) atoms. The third-order valence-corrected chi connectivity index (χ3v) is 3.15. The van der Waals surface area contributed by atoms with Gasteiger partial charge in [0, 0.05) is 29.5 Å². The van der Waals surface area contributed by atoms with Gasteiger partial charge in [0.25, 0.3) is 0 Å². The predicted molar refractivity (Wildman–Crippen MR) is 73.1 cm³/mol. The SMILES string of the molecule is CCCn1ccnc1C(NN)c1ccc(Cl)cc1F. The van der Waals surface area contributed by atoms with Gasteiger partial charge in [-0.2, -0.15) is 0 Å². The fourth-order valence-electron chi connectivity index (χ4n) is 2.05. The molecule has 1 heterocycles. The van der Waals surface area contributed by atoms with E-state index in [1.807, 2.05) is 10.8 Å². The van der Waals surface area contributed by atoms with E-state index in [0.717, 1.165) is 13.0 Å². The van der Waals surface area contributed by atoms with E-state index in [9.17, 15) is 4.39 Å². The molecular weight excluding hydrogens is 267 g/mol. The summed E-state index contributed by atoms with van der Waals surface area (Å²) in [5.74, 6) is 5.85. The van der Waals surface area contributed by atoms with Crippen molar-refractivity contribution in [1.29, 1.82) is 0 Å². The number of halogens is 2. The molecule has 0 fully saturated rings. The van der Waals surface area contributed by atoms with Gasteiger partial charge in [0.1, 0.15) is 17.7 Å². The van der Waals surface area contributed by atoms with Crippen molar-refractivity contribution in [2.75, 3.05) is 0 Å². The molecule has 3 N–H and O–H groups in total. The largest absolute Gasteiger partial charge is 0.333 e. The van der Waals surface area contributed by atoms with E-state index < -0.39 is 11.9 Å². The van der Waals surface area contributed by atoms with Crippen LogP contribution in [0.15, 0.2) is 30.6 Å². The minimum Gasteiger partial charge on any atom is -0.333 e. The van der Waals surface area contributed by atoms with Crippen LogP contribution in [0.3, 0.4) is 0 Å². The van der Waals surface area contributed by atoms with Crippen LogP contribution < -0.4 is 11.3 Å². The first-order chi connectivity index (χ1) is 9.17. The van der Waals surface area contributed by atoms with Crippen LogP contribution in [-0.2, 0) is 6.54 Å². The highest BCUT2D eigenvalue weighted by Crippen LogP contribution is 2.25. The van der Waals surface area contributed by atoms with Crippen molar-refractivity contribution < 1.29 is 4.39 Å². The Morgan fingerprint density at radius 3 is 2.95 bits per heavy atom. The second-order valence-electron chi connectivity index (χ2n) is 4.24. The molecule has 1 atom stereocenters. The van der Waals surface area contributed by atoms with Gasteiger partial charge >= 0.3 is 0 Å². The number of aryl methyl sites for hydroxylation is 1. The molecule has 0 saturated heterocycles. The molecule has 0 aliphatic carbocycles. The summed E-state index contributed by atoms with van der Waals surface area (Å²) < 4.78 is 15.9. The normalized spacial score (nSPS) is 12.6. The zero-order chi connectivity index (χ0) is 13.8. The van der Waals surface area contributed by atoms with Crippen molar-refractivity contribution in [2.24, 2.45) is 5.84 Å². The molecule has 1 aromatic carbocycles. The summed E-state index contributed by atoms with van der Waals surface area (Å²) in [5.41, 5.74) is 3.04. The van der Waals surface area contributed by atoms with Gasteiger partial charge in [-0.1, -0.05) is 24.6 Å². The van der Waals surface area contributed by atoms with Gasteiger partial charge in [-0.3, -0.25) is 5.84 Å². The van der Waals surface area contributed by atoms with Crippen LogP contribution in [0.4, 0.5) is 4.39 Å². The van der Waals surface area contributed by atoms with Crippen LogP contribution in [-0.4, -0.2) is 9.55 Å². The quantitative estimate of drug-likeness (QED) is 0.655. The number of nitrogens with zero attached hydrogens (tertiary/aromatic N) is 2. The first-order valence-corrected chi connectivity index (χ1v) is 6.47. The van der Waals surface area contributed by atoms with Crippen molar-refractivity contribution in [3.63, 3.8) is 0 Å². The Labute approximate surface area is 116 Å². The number of hydrazine groups is 1. The Bertz CT molecular complexity index is 555. The molecule has 0 saturated carbocycles. The molecule has 0 bridgehead atoms. The summed E-state index contributed by atoms with van der Waals surface area (Å²) in [5, 5.41) is 0.355. The molecule has 0 amide bonds. The summed E-state index contributed by atoms with van der Waals surface area (Å²) in [6, 6.07) is 4.03. The number of benzene rings is 1. The lowest BCUT2D eigenvalue weighted by atomic mass is 10.1. The molecule has 6 heteroatoms. The average molecular weight is 283 g/mol. The smallest absolute Gasteiger partial charge is 0.131 e. The molecule has 2 rings (SSSR count). The summed E-state index contributed by atoms with van der Waals surface area (Å²) in [6.45, 7) is 2.88. The fraction of sp³-hybridized carbons (Fsp3) is 0.308. The fourth-order valence-corrected chi connectivity index (χ4v) is 2.21. The Hall–Kier alpha value is -1.43. The molecular formula is C13H16ClFN4. The number of imidazole rings is 1. The monoisotopic (exact) mass is 282 g/mol. The zero-order valence-corrected chi connectivity index (χ0v) is 11.4. The highest BCUT2D eigenvalue weighted by Gasteiger charge is 2.21. The molecule has 0 spiro atoms. The highest BCUT2D eigenvalue weighted by atomic mass is 35.5. The Morgan fingerprint density at radius 2 is 2.32 bits per heavy atom. The maximum Gasteiger partial charge on any atom is 0.131 e. The lowest BCUT2D eigenvalue weighted by Crippen LogP contribution is -2.31. The van der Waals surface area contributed by atoms with Gasteiger partial charge in [0.2, 0.25) is 0 Å². The molecule has 0 radical (unpaired) electrons. The number of hydrogen-bond donors (Lipinski definition) is 2. The van der Waals surface area contributed by atoms with Crippen molar-refractivity contribution >= 4 is 11.6 Å². The lowest BCUT2D eigenvalue weighted by molar-refractivity contribution is 0.515. The van der Waals surface area contributed by atoms with E-state index in [4.69, 9.17) is 17.4 Å². The standard InChI is InChI=1S/C13H16ClFN4/c1-2-6-19-7-5-17-13(19)12(18-16)10-4-3-9(14)8-11(10)15/h3-5,7-8,12,18H,2,6,16H2,1H3. The molecule has 0 aliphatic heterocycles. The summed E-state index contributed by atoms with van der Waals surface area (Å²) in [6.07, 6.45) is 4.50. The Morgan fingerprint density at radius 1 is 1.53 bits per heavy atom. The minimum absolute atomic E-state index is 0.355. The Kier molecular flexibility index (Phi) is 4.52. The summed E-state index contributed by atoms with van der Waals surface area (Å²) in [7, 11) is 0. The lowest BCUT2D eigenvalue weighted by Gasteiger charge is -2.18. The van der Waals surface area contributed by atoms with Crippen LogP contribution >= 0.6 is 11.6 Å². The number of rotatable bonds is 5. The minimum atomic E-state index is -0.501. The summed E-state index contributed by atoms with van der Waals surface area (Å²) >= 11 is 5.76. The number of nitrogens with two attached hydrogens (primary N) is 1. The van der Waals surface area contributed by atoms with E-state index in [0.29, 0.717) is 16.4 Å².